The number of rotatable bonds is 8. The maximum atomic E-state index is 12.3. The number of ether oxygens (including phenoxy) is 2. The van der Waals surface area contributed by atoms with Crippen molar-refractivity contribution in [1.82, 2.24) is 9.80 Å². The van der Waals surface area contributed by atoms with E-state index in [0.29, 0.717) is 19.6 Å². The number of carbonyl (C=O) groups excluding carboxylic acids is 1. The molecule has 0 saturated carbocycles. The van der Waals surface area contributed by atoms with Gasteiger partial charge in [-0.2, -0.15) is 0 Å². The lowest BCUT2D eigenvalue weighted by molar-refractivity contribution is -0.133. The predicted molar refractivity (Wildman–Crippen MR) is 106 cm³/mol. The fourth-order valence-corrected chi connectivity index (χ4v) is 3.15. The van der Waals surface area contributed by atoms with Crippen molar-refractivity contribution in [3.8, 4) is 11.5 Å². The highest BCUT2D eigenvalue weighted by Gasteiger charge is 2.20. The van der Waals surface area contributed by atoms with Crippen LogP contribution in [0.15, 0.2) is 54.6 Å². The lowest BCUT2D eigenvalue weighted by atomic mass is 10.2. The highest BCUT2D eigenvalue weighted by molar-refractivity contribution is 5.76. The summed E-state index contributed by atoms with van der Waals surface area (Å²) in [4.78, 5) is 16.6. The fraction of sp³-hybridized carbons (Fsp3) is 0.409. The summed E-state index contributed by atoms with van der Waals surface area (Å²) >= 11 is 0. The van der Waals surface area contributed by atoms with E-state index < -0.39 is 0 Å². The second-order valence-corrected chi connectivity index (χ2v) is 6.75. The van der Waals surface area contributed by atoms with Gasteiger partial charge in [-0.25, -0.2) is 0 Å². The molecule has 0 aliphatic carbocycles. The highest BCUT2D eigenvalue weighted by atomic mass is 16.5. The Bertz CT molecular complexity index is 713. The summed E-state index contributed by atoms with van der Waals surface area (Å²) < 4.78 is 11.5. The van der Waals surface area contributed by atoms with Crippen molar-refractivity contribution in [2.24, 2.45) is 0 Å². The van der Waals surface area contributed by atoms with Gasteiger partial charge in [0.2, 0.25) is 5.91 Å². The molecule has 1 heterocycles. The summed E-state index contributed by atoms with van der Waals surface area (Å²) in [6, 6.07) is 17.7. The van der Waals surface area contributed by atoms with E-state index in [0.717, 1.165) is 49.8 Å². The average Bonchev–Trinajstić information content (AvgIpc) is 2.71. The lowest BCUT2D eigenvalue weighted by Crippen LogP contribution is -2.49. The first kappa shape index (κ1) is 19.2. The predicted octanol–water partition coefficient (Wildman–Crippen LogP) is 2.99. The molecule has 0 radical (unpaired) electrons. The van der Waals surface area contributed by atoms with Gasteiger partial charge in [0.25, 0.3) is 0 Å². The average molecular weight is 368 g/mol. The molecule has 0 spiro atoms. The summed E-state index contributed by atoms with van der Waals surface area (Å²) in [7, 11) is 0. The number of hydrogen-bond acceptors (Lipinski definition) is 4. The minimum absolute atomic E-state index is 0.168. The molecule has 1 aliphatic rings. The first-order valence-corrected chi connectivity index (χ1v) is 9.59. The number of hydrogen-bond donors (Lipinski definition) is 0. The molecule has 2 aromatic carbocycles. The molecule has 1 saturated heterocycles. The normalized spacial score (nSPS) is 14.8. The minimum Gasteiger partial charge on any atom is -0.493 e. The van der Waals surface area contributed by atoms with Gasteiger partial charge in [0.05, 0.1) is 13.0 Å². The van der Waals surface area contributed by atoms with E-state index >= 15 is 0 Å². The maximum Gasteiger partial charge on any atom is 0.226 e. The van der Waals surface area contributed by atoms with E-state index in [-0.39, 0.29) is 5.91 Å². The van der Waals surface area contributed by atoms with Crippen LogP contribution in [-0.4, -0.2) is 61.6 Å². The third-order valence-corrected chi connectivity index (χ3v) is 4.81. The quantitative estimate of drug-likeness (QED) is 0.718. The van der Waals surface area contributed by atoms with Gasteiger partial charge >= 0.3 is 0 Å². The van der Waals surface area contributed by atoms with Gasteiger partial charge in [-0.1, -0.05) is 36.4 Å². The van der Waals surface area contributed by atoms with Crippen LogP contribution in [0, 0.1) is 6.92 Å². The number of carbonyl (C=O) groups is 1. The number of benzene rings is 2. The van der Waals surface area contributed by atoms with Crippen molar-refractivity contribution in [3.63, 3.8) is 0 Å². The third-order valence-electron chi connectivity index (χ3n) is 4.81. The van der Waals surface area contributed by atoms with Crippen LogP contribution >= 0.6 is 0 Å². The van der Waals surface area contributed by atoms with Crippen molar-refractivity contribution in [1.29, 1.82) is 0 Å². The van der Waals surface area contributed by atoms with E-state index in [1.807, 2.05) is 53.4 Å². The minimum atomic E-state index is 0.168. The van der Waals surface area contributed by atoms with E-state index in [1.165, 1.54) is 0 Å². The summed E-state index contributed by atoms with van der Waals surface area (Å²) in [5.74, 6) is 1.93. The Labute approximate surface area is 161 Å². The van der Waals surface area contributed by atoms with Crippen LogP contribution in [0.2, 0.25) is 0 Å². The smallest absolute Gasteiger partial charge is 0.226 e. The largest absolute Gasteiger partial charge is 0.493 e. The fourth-order valence-electron chi connectivity index (χ4n) is 3.15. The Morgan fingerprint density at radius 3 is 2.33 bits per heavy atom. The number of amides is 1. The molecule has 27 heavy (non-hydrogen) atoms. The Hall–Kier alpha value is -2.53. The zero-order valence-electron chi connectivity index (χ0n) is 16.0. The van der Waals surface area contributed by atoms with Crippen LogP contribution in [0.1, 0.15) is 12.0 Å². The molecular weight excluding hydrogens is 340 g/mol. The van der Waals surface area contributed by atoms with Crippen molar-refractivity contribution in [2.45, 2.75) is 13.3 Å². The molecule has 1 amide bonds. The topological polar surface area (TPSA) is 42.0 Å². The lowest BCUT2D eigenvalue weighted by Gasteiger charge is -2.34. The molecule has 5 nitrogen and oxygen atoms in total. The maximum absolute atomic E-state index is 12.3. The molecule has 0 aromatic heterocycles. The molecule has 0 atom stereocenters. The highest BCUT2D eigenvalue weighted by Crippen LogP contribution is 2.16. The molecule has 1 fully saturated rings. The van der Waals surface area contributed by atoms with Gasteiger partial charge in [-0.15, -0.1) is 0 Å². The van der Waals surface area contributed by atoms with Gasteiger partial charge in [0.15, 0.2) is 0 Å². The Balaban J connectivity index is 1.31. The van der Waals surface area contributed by atoms with E-state index in [9.17, 15) is 4.79 Å². The van der Waals surface area contributed by atoms with Crippen LogP contribution in [0.4, 0.5) is 0 Å². The van der Waals surface area contributed by atoms with Crippen LogP contribution in [0.5, 0.6) is 11.5 Å². The zero-order chi connectivity index (χ0) is 18.9. The summed E-state index contributed by atoms with van der Waals surface area (Å²) in [6.07, 6.45) is 0.422. The van der Waals surface area contributed by atoms with E-state index in [4.69, 9.17) is 9.47 Å². The second-order valence-electron chi connectivity index (χ2n) is 6.75. The summed E-state index contributed by atoms with van der Waals surface area (Å²) in [5, 5.41) is 0. The molecule has 2 aromatic rings. The van der Waals surface area contributed by atoms with Crippen molar-refractivity contribution < 1.29 is 14.3 Å². The number of aryl methyl sites for hydroxylation is 1. The molecule has 0 unspecified atom stereocenters. The first-order chi connectivity index (χ1) is 13.2. The summed E-state index contributed by atoms with van der Waals surface area (Å²) in [5.41, 5.74) is 1.16. The van der Waals surface area contributed by atoms with Gasteiger partial charge in [-0.3, -0.25) is 9.69 Å². The molecule has 1 aliphatic heterocycles. The molecular formula is C22H28N2O3. The zero-order valence-corrected chi connectivity index (χ0v) is 16.0. The van der Waals surface area contributed by atoms with E-state index in [2.05, 4.69) is 17.9 Å². The molecule has 144 valence electrons. The standard InChI is InChI=1S/C22H28N2O3/c1-19-7-5-6-10-21(19)27-18-16-23-12-14-24(15-13-23)22(25)11-17-26-20-8-3-2-4-9-20/h2-10H,11-18H2,1H3. The van der Waals surface area contributed by atoms with Crippen molar-refractivity contribution in [2.75, 3.05) is 45.9 Å². The molecule has 5 heteroatoms. The van der Waals surface area contributed by atoms with Gasteiger partial charge < -0.3 is 14.4 Å². The second kappa shape index (κ2) is 9.97. The van der Waals surface area contributed by atoms with Crippen LogP contribution < -0.4 is 9.47 Å². The van der Waals surface area contributed by atoms with Gasteiger partial charge in [0.1, 0.15) is 18.1 Å². The van der Waals surface area contributed by atoms with Gasteiger partial charge in [0, 0.05) is 32.7 Å². The van der Waals surface area contributed by atoms with Crippen LogP contribution in [0.25, 0.3) is 0 Å². The summed E-state index contributed by atoms with van der Waals surface area (Å²) in [6.45, 7) is 7.36. The molecule has 0 N–H and O–H groups in total. The van der Waals surface area contributed by atoms with Crippen molar-refractivity contribution in [3.05, 3.63) is 60.2 Å². The third kappa shape index (κ3) is 6.00. The number of para-hydroxylation sites is 2. The van der Waals surface area contributed by atoms with E-state index in [1.54, 1.807) is 0 Å². The SMILES string of the molecule is Cc1ccccc1OCCN1CCN(C(=O)CCOc2ccccc2)CC1. The molecule has 0 bridgehead atoms. The van der Waals surface area contributed by atoms with Crippen LogP contribution in [-0.2, 0) is 4.79 Å². The van der Waals surface area contributed by atoms with Gasteiger partial charge in [-0.05, 0) is 30.7 Å². The monoisotopic (exact) mass is 368 g/mol. The Morgan fingerprint density at radius 1 is 0.889 bits per heavy atom. The Kier molecular flexibility index (Phi) is 7.11. The number of piperazine rings is 1. The first-order valence-electron chi connectivity index (χ1n) is 9.59. The molecule has 3 rings (SSSR count). The van der Waals surface area contributed by atoms with Crippen LogP contribution in [0.3, 0.4) is 0 Å². The van der Waals surface area contributed by atoms with Crippen molar-refractivity contribution >= 4 is 5.91 Å². The Morgan fingerprint density at radius 2 is 1.59 bits per heavy atom. The number of nitrogens with zero attached hydrogens (tertiary/aromatic N) is 2.